The van der Waals surface area contributed by atoms with Gasteiger partial charge in [-0.1, -0.05) is 0 Å². The predicted octanol–water partition coefficient (Wildman–Crippen LogP) is 1.26. The Morgan fingerprint density at radius 2 is 2.53 bits per heavy atom. The summed E-state index contributed by atoms with van der Waals surface area (Å²) in [5.41, 5.74) is 1.12. The molecule has 0 bridgehead atoms. The van der Waals surface area contributed by atoms with Crippen LogP contribution in [0.3, 0.4) is 0 Å². The molecule has 1 fully saturated rings. The number of carbonyl (C=O) groups excluding carboxylic acids is 1. The molecule has 0 spiro atoms. The zero-order valence-corrected chi connectivity index (χ0v) is 8.69. The second kappa shape index (κ2) is 4.33. The van der Waals surface area contributed by atoms with Gasteiger partial charge in [0.05, 0.1) is 0 Å². The van der Waals surface area contributed by atoms with Crippen LogP contribution in [0.2, 0.25) is 0 Å². The maximum Gasteiger partial charge on any atom is 0.293 e. The molecule has 1 aliphatic carbocycles. The molecule has 82 valence electrons. The number of nitrogens with zero attached hydrogens (tertiary/aromatic N) is 1. The van der Waals surface area contributed by atoms with E-state index in [1.54, 1.807) is 0 Å². The number of rotatable bonds is 4. The number of carbonyl (C=O) groups is 1. The van der Waals surface area contributed by atoms with Crippen LogP contribution in [-0.4, -0.2) is 29.8 Å². The molecule has 1 saturated carbocycles. The SMILES string of the molecule is CNc1cc(C2CCC(OC=O)C2)[nH]n1. The van der Waals surface area contributed by atoms with Gasteiger partial charge in [-0.3, -0.25) is 9.89 Å². The molecular formula is C10H15N3O2. The molecule has 2 unspecified atom stereocenters. The van der Waals surface area contributed by atoms with Gasteiger partial charge >= 0.3 is 0 Å². The molecule has 0 amide bonds. The highest BCUT2D eigenvalue weighted by Gasteiger charge is 2.28. The maximum absolute atomic E-state index is 10.2. The molecule has 1 aromatic heterocycles. The number of nitrogens with one attached hydrogen (secondary N) is 2. The van der Waals surface area contributed by atoms with Crippen LogP contribution in [0.4, 0.5) is 5.82 Å². The second-order valence-corrected chi connectivity index (χ2v) is 3.82. The molecule has 0 saturated heterocycles. The number of hydrogen-bond donors (Lipinski definition) is 2. The standard InChI is InChI=1S/C10H15N3O2/c1-11-10-5-9(12-13-10)7-2-3-8(4-7)15-6-14/h5-8H,2-4H2,1H3,(H2,11,12,13). The van der Waals surface area contributed by atoms with Crippen LogP contribution in [0.25, 0.3) is 0 Å². The van der Waals surface area contributed by atoms with Crippen molar-refractivity contribution in [2.24, 2.45) is 0 Å². The Bertz CT molecular complexity index is 337. The Morgan fingerprint density at radius 3 is 3.20 bits per heavy atom. The lowest BCUT2D eigenvalue weighted by molar-refractivity contribution is -0.133. The van der Waals surface area contributed by atoms with Crippen molar-refractivity contribution in [3.8, 4) is 0 Å². The number of hydrogen-bond acceptors (Lipinski definition) is 4. The van der Waals surface area contributed by atoms with Gasteiger partial charge in [0.1, 0.15) is 11.9 Å². The number of ether oxygens (including phenoxy) is 1. The molecule has 1 heterocycles. The van der Waals surface area contributed by atoms with Gasteiger partial charge in [0.15, 0.2) is 0 Å². The van der Waals surface area contributed by atoms with Crippen molar-refractivity contribution in [1.29, 1.82) is 0 Å². The van der Waals surface area contributed by atoms with Gasteiger partial charge < -0.3 is 10.1 Å². The fourth-order valence-corrected chi connectivity index (χ4v) is 2.10. The average molecular weight is 209 g/mol. The van der Waals surface area contributed by atoms with Crippen LogP contribution in [0.15, 0.2) is 6.07 Å². The molecule has 0 aromatic carbocycles. The Kier molecular flexibility index (Phi) is 2.89. The van der Waals surface area contributed by atoms with Crippen molar-refractivity contribution in [2.75, 3.05) is 12.4 Å². The number of H-pyrrole nitrogens is 1. The molecule has 5 heteroatoms. The quantitative estimate of drug-likeness (QED) is 0.732. The van der Waals surface area contributed by atoms with E-state index in [4.69, 9.17) is 4.74 Å². The molecular weight excluding hydrogens is 194 g/mol. The molecule has 2 rings (SSSR count). The van der Waals surface area contributed by atoms with E-state index in [1.807, 2.05) is 13.1 Å². The predicted molar refractivity (Wildman–Crippen MR) is 55.7 cm³/mol. The van der Waals surface area contributed by atoms with E-state index in [9.17, 15) is 4.79 Å². The van der Waals surface area contributed by atoms with Gasteiger partial charge in [0.25, 0.3) is 6.47 Å². The highest BCUT2D eigenvalue weighted by molar-refractivity contribution is 5.38. The van der Waals surface area contributed by atoms with E-state index in [0.717, 1.165) is 30.8 Å². The summed E-state index contributed by atoms with van der Waals surface area (Å²) in [5.74, 6) is 1.29. The summed E-state index contributed by atoms with van der Waals surface area (Å²) in [6.45, 7) is 0.541. The van der Waals surface area contributed by atoms with Gasteiger partial charge in [-0.05, 0) is 19.3 Å². The molecule has 2 N–H and O–H groups in total. The molecule has 1 aromatic rings. The van der Waals surface area contributed by atoms with Crippen molar-refractivity contribution in [1.82, 2.24) is 10.2 Å². The first-order valence-electron chi connectivity index (χ1n) is 5.15. The summed E-state index contributed by atoms with van der Waals surface area (Å²) < 4.78 is 4.96. The van der Waals surface area contributed by atoms with E-state index in [0.29, 0.717) is 12.4 Å². The van der Waals surface area contributed by atoms with Crippen molar-refractivity contribution in [3.05, 3.63) is 11.8 Å². The summed E-state index contributed by atoms with van der Waals surface area (Å²) in [4.78, 5) is 10.2. The van der Waals surface area contributed by atoms with Crippen LogP contribution < -0.4 is 5.32 Å². The van der Waals surface area contributed by atoms with Crippen molar-refractivity contribution in [2.45, 2.75) is 31.3 Å². The summed E-state index contributed by atoms with van der Waals surface area (Å²) in [5, 5.41) is 10.1. The highest BCUT2D eigenvalue weighted by atomic mass is 16.5. The summed E-state index contributed by atoms with van der Waals surface area (Å²) in [6, 6.07) is 2.01. The first kappa shape index (κ1) is 10.0. The van der Waals surface area contributed by atoms with Crippen LogP contribution in [0.1, 0.15) is 30.9 Å². The third-order valence-electron chi connectivity index (χ3n) is 2.93. The van der Waals surface area contributed by atoms with Crippen molar-refractivity contribution >= 4 is 12.3 Å². The van der Waals surface area contributed by atoms with Crippen molar-refractivity contribution in [3.63, 3.8) is 0 Å². The first-order valence-corrected chi connectivity index (χ1v) is 5.15. The lowest BCUT2D eigenvalue weighted by Crippen LogP contribution is -2.06. The zero-order valence-electron chi connectivity index (χ0n) is 8.69. The van der Waals surface area contributed by atoms with E-state index in [2.05, 4.69) is 15.5 Å². The molecule has 1 aliphatic rings. The summed E-state index contributed by atoms with van der Waals surface area (Å²) >= 11 is 0. The second-order valence-electron chi connectivity index (χ2n) is 3.82. The number of anilines is 1. The number of aromatic amines is 1. The van der Waals surface area contributed by atoms with Crippen LogP contribution >= 0.6 is 0 Å². The van der Waals surface area contributed by atoms with Crippen molar-refractivity contribution < 1.29 is 9.53 Å². The fourth-order valence-electron chi connectivity index (χ4n) is 2.10. The van der Waals surface area contributed by atoms with E-state index in [1.165, 1.54) is 0 Å². The van der Waals surface area contributed by atoms with E-state index in [-0.39, 0.29) is 6.10 Å². The first-order chi connectivity index (χ1) is 7.33. The molecule has 0 aliphatic heterocycles. The van der Waals surface area contributed by atoms with Gasteiger partial charge in [-0.2, -0.15) is 5.10 Å². The minimum atomic E-state index is 0.0776. The number of aromatic nitrogens is 2. The lowest BCUT2D eigenvalue weighted by atomic mass is 10.0. The summed E-state index contributed by atoms with van der Waals surface area (Å²) in [6.07, 6.45) is 2.96. The van der Waals surface area contributed by atoms with E-state index >= 15 is 0 Å². The smallest absolute Gasteiger partial charge is 0.293 e. The molecule has 2 atom stereocenters. The Balaban J connectivity index is 1.97. The van der Waals surface area contributed by atoms with Crippen LogP contribution in [-0.2, 0) is 9.53 Å². The fraction of sp³-hybridized carbons (Fsp3) is 0.600. The topological polar surface area (TPSA) is 67.0 Å². The normalized spacial score (nSPS) is 25.1. The van der Waals surface area contributed by atoms with Crippen LogP contribution in [0, 0.1) is 0 Å². The van der Waals surface area contributed by atoms with Gasteiger partial charge in [0, 0.05) is 24.7 Å². The minimum Gasteiger partial charge on any atom is -0.465 e. The van der Waals surface area contributed by atoms with Crippen LogP contribution in [0.5, 0.6) is 0 Å². The maximum atomic E-state index is 10.2. The Hall–Kier alpha value is -1.52. The molecule has 15 heavy (non-hydrogen) atoms. The van der Waals surface area contributed by atoms with E-state index < -0.39 is 0 Å². The monoisotopic (exact) mass is 209 g/mol. The third kappa shape index (κ3) is 2.11. The third-order valence-corrected chi connectivity index (χ3v) is 2.93. The highest BCUT2D eigenvalue weighted by Crippen LogP contribution is 2.35. The largest absolute Gasteiger partial charge is 0.465 e. The average Bonchev–Trinajstić information content (AvgIpc) is 2.85. The molecule has 5 nitrogen and oxygen atoms in total. The molecule has 0 radical (unpaired) electrons. The van der Waals surface area contributed by atoms with Gasteiger partial charge in [-0.15, -0.1) is 0 Å². The van der Waals surface area contributed by atoms with Gasteiger partial charge in [-0.25, -0.2) is 0 Å². The minimum absolute atomic E-state index is 0.0776. The Labute approximate surface area is 88.2 Å². The van der Waals surface area contributed by atoms with Gasteiger partial charge in [0.2, 0.25) is 0 Å². The lowest BCUT2D eigenvalue weighted by Gasteiger charge is -2.07. The zero-order chi connectivity index (χ0) is 10.7. The Morgan fingerprint density at radius 1 is 1.67 bits per heavy atom. The summed E-state index contributed by atoms with van der Waals surface area (Å²) in [7, 11) is 1.84.